The van der Waals surface area contributed by atoms with E-state index in [0.29, 0.717) is 36.7 Å². The van der Waals surface area contributed by atoms with Crippen molar-refractivity contribution in [2.75, 3.05) is 17.2 Å². The van der Waals surface area contributed by atoms with E-state index >= 15 is 0 Å². The minimum atomic E-state index is -0.477. The first-order valence-electron chi connectivity index (χ1n) is 15.6. The van der Waals surface area contributed by atoms with Crippen LogP contribution in [0.15, 0.2) is 78.2 Å². The summed E-state index contributed by atoms with van der Waals surface area (Å²) in [4.78, 5) is 36.5. The molecule has 0 bridgehead atoms. The van der Waals surface area contributed by atoms with Gasteiger partial charge in [0.15, 0.2) is 0 Å². The van der Waals surface area contributed by atoms with E-state index in [4.69, 9.17) is 4.74 Å². The van der Waals surface area contributed by atoms with Gasteiger partial charge in [0.05, 0.1) is 6.61 Å². The highest BCUT2D eigenvalue weighted by Gasteiger charge is 2.22. The number of urea groups is 1. The molecule has 3 aromatic heterocycles. The van der Waals surface area contributed by atoms with Crippen LogP contribution in [0.25, 0.3) is 22.2 Å². The molecule has 10 heteroatoms. The number of aryl methyl sites for hydroxylation is 2. The summed E-state index contributed by atoms with van der Waals surface area (Å²) in [5.41, 5.74) is 4.64. The number of rotatable bonds is 12. The molecule has 234 valence electrons. The van der Waals surface area contributed by atoms with Crippen LogP contribution in [0, 0.1) is 0 Å². The molecule has 0 spiro atoms. The number of amides is 2. The largest absolute Gasteiger partial charge is 0.494 e. The summed E-state index contributed by atoms with van der Waals surface area (Å²) < 4.78 is 9.48. The predicted octanol–water partition coefficient (Wildman–Crippen LogP) is 7.42. The zero-order chi connectivity index (χ0) is 31.9. The fraction of sp³-hybridized carbons (Fsp3) is 0.343. The Hall–Kier alpha value is -4.99. The summed E-state index contributed by atoms with van der Waals surface area (Å²) in [5.74, 6) is 1.05. The normalized spacial score (nSPS) is 11.4. The number of pyridine rings is 2. The summed E-state index contributed by atoms with van der Waals surface area (Å²) in [6.07, 6.45) is 6.35. The third kappa shape index (κ3) is 7.06. The number of aromatic nitrogens is 5. The smallest absolute Gasteiger partial charge is 0.323 e. The molecule has 2 N–H and O–H groups in total. The van der Waals surface area contributed by atoms with E-state index < -0.39 is 6.03 Å². The fourth-order valence-electron chi connectivity index (χ4n) is 5.59. The van der Waals surface area contributed by atoms with Gasteiger partial charge in [-0.2, -0.15) is 5.10 Å². The third-order valence-electron chi connectivity index (χ3n) is 7.71. The highest BCUT2D eigenvalue weighted by molar-refractivity contribution is 6.07. The highest BCUT2D eigenvalue weighted by atomic mass is 16.5. The Morgan fingerprint density at radius 2 is 1.67 bits per heavy atom. The predicted molar refractivity (Wildman–Crippen MR) is 179 cm³/mol. The Morgan fingerprint density at radius 1 is 0.933 bits per heavy atom. The lowest BCUT2D eigenvalue weighted by molar-refractivity contribution is 0.262. The van der Waals surface area contributed by atoms with E-state index in [2.05, 4.69) is 53.4 Å². The number of carbonyl (C=O) groups excluding carboxylic acids is 1. The van der Waals surface area contributed by atoms with E-state index in [1.54, 1.807) is 21.8 Å². The van der Waals surface area contributed by atoms with E-state index in [1.165, 1.54) is 6.33 Å². The summed E-state index contributed by atoms with van der Waals surface area (Å²) in [7, 11) is 0. The fourth-order valence-corrected chi connectivity index (χ4v) is 5.59. The second kappa shape index (κ2) is 14.2. The molecule has 0 aliphatic rings. The third-order valence-corrected chi connectivity index (χ3v) is 7.71. The molecule has 0 aliphatic heterocycles. The molecule has 0 aliphatic carbocycles. The molecule has 5 rings (SSSR count). The molecule has 0 unspecified atom stereocenters. The van der Waals surface area contributed by atoms with Gasteiger partial charge in [0, 0.05) is 42.3 Å². The van der Waals surface area contributed by atoms with Crippen LogP contribution in [0.2, 0.25) is 0 Å². The van der Waals surface area contributed by atoms with Crippen LogP contribution in [0.3, 0.4) is 0 Å². The first-order chi connectivity index (χ1) is 21.8. The number of hydrogen-bond donors (Lipinski definition) is 2. The number of benzene rings is 2. The first kappa shape index (κ1) is 31.4. The standard InChI is InChI=1S/C35H41N7O3/c1-6-17-42-33-29(15-9-16-37-33)30(25-11-7-12-26(20-25)45-19-10-18-41-22-36-21-38-41)32(34(42)43)40-35(44)39-31-27(23(2)3)13-8-14-28(31)24(4)5/h7-9,11-16,20-24H,6,10,17-19H2,1-5H3,(H2,39,40,44). The Kier molecular flexibility index (Phi) is 9.92. The van der Waals surface area contributed by atoms with Gasteiger partial charge in [-0.15, -0.1) is 0 Å². The Labute approximate surface area is 263 Å². The van der Waals surface area contributed by atoms with Gasteiger partial charge in [0.2, 0.25) is 0 Å². The summed E-state index contributed by atoms with van der Waals surface area (Å²) in [6.45, 7) is 12.0. The van der Waals surface area contributed by atoms with Crippen molar-refractivity contribution in [3.63, 3.8) is 0 Å². The van der Waals surface area contributed by atoms with Gasteiger partial charge in [-0.3, -0.25) is 14.0 Å². The minimum absolute atomic E-state index is 0.193. The number of anilines is 2. The van der Waals surface area contributed by atoms with Crippen molar-refractivity contribution in [1.29, 1.82) is 0 Å². The number of carbonyl (C=O) groups is 1. The van der Waals surface area contributed by atoms with E-state index in [-0.39, 0.29) is 23.1 Å². The van der Waals surface area contributed by atoms with E-state index in [9.17, 15) is 9.59 Å². The second-order valence-electron chi connectivity index (χ2n) is 11.7. The molecule has 2 amide bonds. The van der Waals surface area contributed by atoms with Gasteiger partial charge in [0.25, 0.3) is 5.56 Å². The maximum absolute atomic E-state index is 14.1. The number of fused-ring (bicyclic) bond motifs is 1. The SMILES string of the molecule is CCCn1c(=O)c(NC(=O)Nc2c(C(C)C)cccc2C(C)C)c(-c2cccc(OCCCn3cncn3)c2)c2cccnc21. The van der Waals surface area contributed by atoms with Crippen LogP contribution >= 0.6 is 0 Å². The molecule has 0 atom stereocenters. The van der Waals surface area contributed by atoms with Crippen molar-refractivity contribution >= 4 is 28.4 Å². The van der Waals surface area contributed by atoms with Crippen LogP contribution in [0.1, 0.15) is 70.4 Å². The van der Waals surface area contributed by atoms with Gasteiger partial charge in [-0.05, 0) is 59.2 Å². The van der Waals surface area contributed by atoms with Gasteiger partial charge in [-0.1, -0.05) is 65.0 Å². The highest BCUT2D eigenvalue weighted by Crippen LogP contribution is 2.36. The van der Waals surface area contributed by atoms with Gasteiger partial charge in [-0.25, -0.2) is 14.8 Å². The Balaban J connectivity index is 1.54. The van der Waals surface area contributed by atoms with Gasteiger partial charge < -0.3 is 15.4 Å². The minimum Gasteiger partial charge on any atom is -0.494 e. The molecular formula is C35H41N7O3. The second-order valence-corrected chi connectivity index (χ2v) is 11.7. The van der Waals surface area contributed by atoms with Crippen molar-refractivity contribution in [2.45, 2.75) is 72.4 Å². The molecule has 10 nitrogen and oxygen atoms in total. The molecule has 0 radical (unpaired) electrons. The van der Waals surface area contributed by atoms with Gasteiger partial charge in [0.1, 0.15) is 29.7 Å². The zero-order valence-corrected chi connectivity index (χ0v) is 26.6. The van der Waals surface area contributed by atoms with Crippen LogP contribution in [-0.4, -0.2) is 37.0 Å². The van der Waals surface area contributed by atoms with Crippen molar-refractivity contribution in [3.8, 4) is 16.9 Å². The van der Waals surface area contributed by atoms with Crippen molar-refractivity contribution in [2.24, 2.45) is 0 Å². The van der Waals surface area contributed by atoms with Gasteiger partial charge >= 0.3 is 6.03 Å². The lowest BCUT2D eigenvalue weighted by atomic mass is 9.93. The molecule has 2 aromatic carbocycles. The molecule has 0 fully saturated rings. The van der Waals surface area contributed by atoms with Crippen molar-refractivity contribution in [3.05, 3.63) is 94.9 Å². The Morgan fingerprint density at radius 3 is 2.36 bits per heavy atom. The topological polar surface area (TPSA) is 116 Å². The van der Waals surface area contributed by atoms with E-state index in [0.717, 1.165) is 40.6 Å². The number of para-hydroxylation sites is 1. The molecule has 0 saturated heterocycles. The van der Waals surface area contributed by atoms with Crippen molar-refractivity contribution < 1.29 is 9.53 Å². The molecule has 3 heterocycles. The first-order valence-corrected chi connectivity index (χ1v) is 15.6. The van der Waals surface area contributed by atoms with E-state index in [1.807, 2.05) is 61.5 Å². The maximum Gasteiger partial charge on any atom is 0.323 e. The summed E-state index contributed by atoms with van der Waals surface area (Å²) in [5, 5.41) is 11.0. The average molecular weight is 608 g/mol. The lowest BCUT2D eigenvalue weighted by Crippen LogP contribution is -2.30. The van der Waals surface area contributed by atoms with Crippen LogP contribution in [0.4, 0.5) is 16.2 Å². The molecule has 5 aromatic rings. The quantitative estimate of drug-likeness (QED) is 0.143. The average Bonchev–Trinajstić information content (AvgIpc) is 3.55. The number of hydrogen-bond acceptors (Lipinski definition) is 6. The summed E-state index contributed by atoms with van der Waals surface area (Å²) >= 11 is 0. The number of nitrogens with zero attached hydrogens (tertiary/aromatic N) is 5. The number of ether oxygens (including phenoxy) is 1. The van der Waals surface area contributed by atoms with Crippen molar-refractivity contribution in [1.82, 2.24) is 24.3 Å². The monoisotopic (exact) mass is 607 g/mol. The molecule has 45 heavy (non-hydrogen) atoms. The van der Waals surface area contributed by atoms with Crippen LogP contribution in [0.5, 0.6) is 5.75 Å². The number of nitrogens with one attached hydrogen (secondary N) is 2. The van der Waals surface area contributed by atoms with Crippen LogP contribution < -0.4 is 20.9 Å². The Bertz CT molecular complexity index is 1800. The maximum atomic E-state index is 14.1. The molecule has 0 saturated carbocycles. The summed E-state index contributed by atoms with van der Waals surface area (Å²) in [6, 6.07) is 17.0. The zero-order valence-electron chi connectivity index (χ0n) is 26.6. The lowest BCUT2D eigenvalue weighted by Gasteiger charge is -2.22. The van der Waals surface area contributed by atoms with Crippen LogP contribution in [-0.2, 0) is 13.1 Å². The molecular weight excluding hydrogens is 566 g/mol.